The lowest BCUT2D eigenvalue weighted by molar-refractivity contribution is -0.123. The van der Waals surface area contributed by atoms with Crippen LogP contribution in [0.5, 0.6) is 5.75 Å². The zero-order valence-corrected chi connectivity index (χ0v) is 12.4. The van der Waals surface area contributed by atoms with Gasteiger partial charge in [0, 0.05) is 11.0 Å². The van der Waals surface area contributed by atoms with Crippen molar-refractivity contribution in [1.82, 2.24) is 5.32 Å². The molecular formula is C12H16BrClN2O2. The van der Waals surface area contributed by atoms with E-state index in [-0.39, 0.29) is 24.1 Å². The minimum atomic E-state index is -0.394. The fraction of sp³-hybridized carbons (Fsp3) is 0.417. The van der Waals surface area contributed by atoms with E-state index >= 15 is 0 Å². The van der Waals surface area contributed by atoms with Crippen molar-refractivity contribution in [3.05, 3.63) is 22.7 Å². The Labute approximate surface area is 121 Å². The number of phenolic OH excluding ortho intramolecular Hbond substituents is 1. The molecule has 1 aromatic rings. The monoisotopic (exact) mass is 334 g/mol. The molecule has 0 radical (unpaired) electrons. The van der Waals surface area contributed by atoms with Gasteiger partial charge in [-0.2, -0.15) is 0 Å². The van der Waals surface area contributed by atoms with E-state index in [9.17, 15) is 9.90 Å². The summed E-state index contributed by atoms with van der Waals surface area (Å²) in [5.74, 6) is 0.0204. The normalized spacial score (nSPS) is 22.3. The fourth-order valence-corrected chi connectivity index (χ4v) is 2.25. The first-order valence-corrected chi connectivity index (χ1v) is 6.31. The van der Waals surface area contributed by atoms with Crippen molar-refractivity contribution in [1.29, 1.82) is 0 Å². The molecule has 3 N–H and O–H groups in total. The Kier molecular flexibility index (Phi) is 5.01. The number of anilines is 1. The molecule has 1 unspecified atom stereocenters. The van der Waals surface area contributed by atoms with Crippen molar-refractivity contribution < 1.29 is 9.90 Å². The summed E-state index contributed by atoms with van der Waals surface area (Å²) < 4.78 is 0.820. The molecule has 1 aromatic carbocycles. The Morgan fingerprint density at radius 2 is 2.28 bits per heavy atom. The number of carbonyl (C=O) groups is 1. The van der Waals surface area contributed by atoms with Gasteiger partial charge >= 0.3 is 0 Å². The van der Waals surface area contributed by atoms with E-state index in [1.165, 1.54) is 0 Å². The summed E-state index contributed by atoms with van der Waals surface area (Å²) in [4.78, 5) is 12.1. The maximum absolute atomic E-state index is 12.1. The van der Waals surface area contributed by atoms with E-state index in [0.717, 1.165) is 17.4 Å². The molecule has 1 saturated heterocycles. The van der Waals surface area contributed by atoms with Gasteiger partial charge in [0.2, 0.25) is 5.91 Å². The summed E-state index contributed by atoms with van der Waals surface area (Å²) in [6, 6.07) is 4.97. The molecule has 0 spiro atoms. The van der Waals surface area contributed by atoms with Crippen LogP contribution in [0.15, 0.2) is 22.7 Å². The van der Waals surface area contributed by atoms with E-state index in [4.69, 9.17) is 0 Å². The van der Waals surface area contributed by atoms with Crippen molar-refractivity contribution in [2.45, 2.75) is 13.3 Å². The molecule has 2 rings (SSSR count). The Balaban J connectivity index is 0.00000162. The van der Waals surface area contributed by atoms with Crippen LogP contribution in [0.4, 0.5) is 5.69 Å². The highest BCUT2D eigenvalue weighted by Crippen LogP contribution is 2.31. The second-order valence-electron chi connectivity index (χ2n) is 4.60. The molecule has 6 heteroatoms. The number of halogens is 2. The Morgan fingerprint density at radius 3 is 2.89 bits per heavy atom. The zero-order chi connectivity index (χ0) is 12.5. The standard InChI is InChI=1S/C12H15BrN2O2.ClH/c1-12(4-5-14-7-12)11(17)15-9-6-8(13)2-3-10(9)16;/h2-3,6,14,16H,4-5,7H2,1H3,(H,15,17);1H. The summed E-state index contributed by atoms with van der Waals surface area (Å²) in [5.41, 5.74) is 0.0480. The summed E-state index contributed by atoms with van der Waals surface area (Å²) in [7, 11) is 0. The van der Waals surface area contributed by atoms with Crippen LogP contribution in [0.2, 0.25) is 0 Å². The SMILES string of the molecule is CC1(C(=O)Nc2cc(Br)ccc2O)CCNC1.Cl. The highest BCUT2D eigenvalue weighted by Gasteiger charge is 2.36. The maximum atomic E-state index is 12.1. The van der Waals surface area contributed by atoms with Crippen molar-refractivity contribution >= 4 is 39.9 Å². The molecule has 1 aliphatic heterocycles. The lowest BCUT2D eigenvalue weighted by Crippen LogP contribution is -2.35. The lowest BCUT2D eigenvalue weighted by atomic mass is 9.89. The smallest absolute Gasteiger partial charge is 0.231 e. The molecule has 0 bridgehead atoms. The third-order valence-corrected chi connectivity index (χ3v) is 3.62. The van der Waals surface area contributed by atoms with Gasteiger partial charge in [0.05, 0.1) is 11.1 Å². The number of nitrogens with one attached hydrogen (secondary N) is 2. The van der Waals surface area contributed by atoms with E-state index in [1.807, 2.05) is 6.92 Å². The maximum Gasteiger partial charge on any atom is 0.231 e. The molecule has 1 heterocycles. The van der Waals surface area contributed by atoms with Gasteiger partial charge in [0.25, 0.3) is 0 Å². The molecule has 0 aliphatic carbocycles. The van der Waals surface area contributed by atoms with Gasteiger partial charge in [-0.1, -0.05) is 15.9 Å². The first-order chi connectivity index (χ1) is 8.01. The minimum absolute atomic E-state index is 0. The second-order valence-corrected chi connectivity index (χ2v) is 5.52. The number of aromatic hydroxyl groups is 1. The van der Waals surface area contributed by atoms with Crippen LogP contribution in [-0.4, -0.2) is 24.1 Å². The van der Waals surface area contributed by atoms with E-state index in [1.54, 1.807) is 18.2 Å². The highest BCUT2D eigenvalue weighted by atomic mass is 79.9. The van der Waals surface area contributed by atoms with E-state index < -0.39 is 5.41 Å². The summed E-state index contributed by atoms with van der Waals surface area (Å²) in [6.45, 7) is 3.46. The van der Waals surface area contributed by atoms with Crippen molar-refractivity contribution in [3.8, 4) is 5.75 Å². The summed E-state index contributed by atoms with van der Waals surface area (Å²) in [5, 5.41) is 15.6. The minimum Gasteiger partial charge on any atom is -0.506 e. The van der Waals surface area contributed by atoms with Gasteiger partial charge in [-0.15, -0.1) is 12.4 Å². The van der Waals surface area contributed by atoms with Gasteiger partial charge in [-0.25, -0.2) is 0 Å². The van der Waals surface area contributed by atoms with Crippen molar-refractivity contribution in [2.75, 3.05) is 18.4 Å². The van der Waals surface area contributed by atoms with Gasteiger partial charge in [-0.05, 0) is 38.1 Å². The number of rotatable bonds is 2. The summed E-state index contributed by atoms with van der Waals surface area (Å²) >= 11 is 3.31. The van der Waals surface area contributed by atoms with Crippen LogP contribution >= 0.6 is 28.3 Å². The molecule has 1 amide bonds. The molecule has 1 aliphatic rings. The van der Waals surface area contributed by atoms with Crippen molar-refractivity contribution in [3.63, 3.8) is 0 Å². The topological polar surface area (TPSA) is 61.4 Å². The number of benzene rings is 1. The molecule has 1 atom stereocenters. The number of carbonyl (C=O) groups excluding carboxylic acids is 1. The van der Waals surface area contributed by atoms with Gasteiger partial charge < -0.3 is 15.7 Å². The van der Waals surface area contributed by atoms with Gasteiger partial charge in [0.1, 0.15) is 5.75 Å². The van der Waals surface area contributed by atoms with Crippen LogP contribution in [-0.2, 0) is 4.79 Å². The quantitative estimate of drug-likeness (QED) is 0.728. The molecule has 0 saturated carbocycles. The number of phenols is 1. The highest BCUT2D eigenvalue weighted by molar-refractivity contribution is 9.10. The average molecular weight is 336 g/mol. The largest absolute Gasteiger partial charge is 0.506 e. The second kappa shape index (κ2) is 5.91. The van der Waals surface area contributed by atoms with Crippen LogP contribution in [0.1, 0.15) is 13.3 Å². The summed E-state index contributed by atoms with van der Waals surface area (Å²) in [6.07, 6.45) is 0.813. The number of hydrogen-bond acceptors (Lipinski definition) is 3. The first-order valence-electron chi connectivity index (χ1n) is 5.52. The van der Waals surface area contributed by atoms with E-state index in [0.29, 0.717) is 12.2 Å². The third kappa shape index (κ3) is 3.16. The van der Waals surface area contributed by atoms with Crippen molar-refractivity contribution in [2.24, 2.45) is 5.41 Å². The molecule has 4 nitrogen and oxygen atoms in total. The Bertz CT molecular complexity index is 448. The number of hydrogen-bond donors (Lipinski definition) is 3. The predicted octanol–water partition coefficient (Wildman–Crippen LogP) is 2.51. The van der Waals surface area contributed by atoms with Crippen LogP contribution < -0.4 is 10.6 Å². The molecule has 1 fully saturated rings. The number of amides is 1. The zero-order valence-electron chi connectivity index (χ0n) is 10.00. The third-order valence-electron chi connectivity index (χ3n) is 3.12. The molecule has 18 heavy (non-hydrogen) atoms. The predicted molar refractivity (Wildman–Crippen MR) is 77.3 cm³/mol. The first kappa shape index (κ1) is 15.3. The van der Waals surface area contributed by atoms with Crippen LogP contribution in [0.3, 0.4) is 0 Å². The lowest BCUT2D eigenvalue weighted by Gasteiger charge is -2.21. The van der Waals surface area contributed by atoms with E-state index in [2.05, 4.69) is 26.6 Å². The molecule has 100 valence electrons. The van der Waals surface area contributed by atoms with Gasteiger partial charge in [0.15, 0.2) is 0 Å². The van der Waals surface area contributed by atoms with Gasteiger partial charge in [-0.3, -0.25) is 4.79 Å². The fourth-order valence-electron chi connectivity index (χ4n) is 1.89. The molecule has 0 aromatic heterocycles. The molecular weight excluding hydrogens is 320 g/mol. The van der Waals surface area contributed by atoms with Crippen LogP contribution in [0, 0.1) is 5.41 Å². The Morgan fingerprint density at radius 1 is 1.56 bits per heavy atom. The Hall–Kier alpha value is -0.780. The average Bonchev–Trinajstić information content (AvgIpc) is 2.72. The van der Waals surface area contributed by atoms with Crippen LogP contribution in [0.25, 0.3) is 0 Å².